The SMILES string of the molecule is CCOc1ccc(N)c(C(=N)c2ccnc(N3CC4C[C@H]3CO4)c2)c1. The van der Waals surface area contributed by atoms with Crippen molar-refractivity contribution in [3.63, 3.8) is 0 Å². The molecular formula is C19H22N4O2. The number of benzene rings is 1. The molecule has 2 bridgehead atoms. The molecule has 0 radical (unpaired) electrons. The average molecular weight is 338 g/mol. The van der Waals surface area contributed by atoms with Gasteiger partial charge >= 0.3 is 0 Å². The summed E-state index contributed by atoms with van der Waals surface area (Å²) in [6.07, 6.45) is 3.13. The number of hydrogen-bond acceptors (Lipinski definition) is 6. The molecule has 2 saturated heterocycles. The van der Waals surface area contributed by atoms with Crippen LogP contribution in [0, 0.1) is 5.41 Å². The minimum Gasteiger partial charge on any atom is -0.494 e. The van der Waals surface area contributed by atoms with Crippen molar-refractivity contribution in [2.24, 2.45) is 0 Å². The summed E-state index contributed by atoms with van der Waals surface area (Å²) < 4.78 is 11.2. The number of rotatable bonds is 5. The van der Waals surface area contributed by atoms with E-state index in [-0.39, 0.29) is 0 Å². The van der Waals surface area contributed by atoms with Gasteiger partial charge < -0.3 is 20.1 Å². The molecular weight excluding hydrogens is 316 g/mol. The molecule has 6 heteroatoms. The molecule has 130 valence electrons. The minimum absolute atomic E-state index is 0.313. The predicted octanol–water partition coefficient (Wildman–Crippen LogP) is 2.46. The van der Waals surface area contributed by atoms with Crippen LogP contribution < -0.4 is 15.4 Å². The van der Waals surface area contributed by atoms with Gasteiger partial charge in [0.1, 0.15) is 11.6 Å². The van der Waals surface area contributed by atoms with Crippen molar-refractivity contribution in [2.75, 3.05) is 30.4 Å². The van der Waals surface area contributed by atoms with Crippen LogP contribution in [0.4, 0.5) is 11.5 Å². The Hall–Kier alpha value is -2.60. The van der Waals surface area contributed by atoms with Gasteiger partial charge in [-0.05, 0) is 43.7 Å². The Balaban J connectivity index is 1.63. The normalized spacial score (nSPS) is 21.6. The van der Waals surface area contributed by atoms with E-state index in [1.54, 1.807) is 12.3 Å². The van der Waals surface area contributed by atoms with E-state index in [1.807, 2.05) is 31.2 Å². The fraction of sp³-hybridized carbons (Fsp3) is 0.368. The molecule has 2 aliphatic heterocycles. The highest BCUT2D eigenvalue weighted by Gasteiger charge is 2.39. The van der Waals surface area contributed by atoms with E-state index in [1.165, 1.54) is 0 Å². The maximum absolute atomic E-state index is 8.61. The first-order valence-corrected chi connectivity index (χ1v) is 8.61. The standard InChI is InChI=1S/C19H22N4O2/c1-2-24-14-3-4-17(20)16(9-14)19(21)12-5-6-22-18(7-12)23-10-15-8-13(23)11-25-15/h3-7,9,13,15,21H,2,8,10-11,20H2,1H3/t13-,15?/m0/s1. The molecule has 6 nitrogen and oxygen atoms in total. The molecule has 2 atom stereocenters. The monoisotopic (exact) mass is 338 g/mol. The van der Waals surface area contributed by atoms with Gasteiger partial charge in [0.2, 0.25) is 0 Å². The fourth-order valence-corrected chi connectivity index (χ4v) is 3.58. The molecule has 0 spiro atoms. The van der Waals surface area contributed by atoms with E-state index in [2.05, 4.69) is 9.88 Å². The van der Waals surface area contributed by atoms with Gasteiger partial charge in [0.15, 0.2) is 0 Å². The lowest BCUT2D eigenvalue weighted by atomic mass is 10.0. The summed E-state index contributed by atoms with van der Waals surface area (Å²) in [4.78, 5) is 6.79. The first-order valence-electron chi connectivity index (χ1n) is 8.61. The van der Waals surface area contributed by atoms with E-state index in [9.17, 15) is 0 Å². The number of nitrogens with two attached hydrogens (primary N) is 1. The molecule has 2 aromatic rings. The van der Waals surface area contributed by atoms with Crippen molar-refractivity contribution in [3.05, 3.63) is 47.7 Å². The van der Waals surface area contributed by atoms with Gasteiger partial charge in [0.05, 0.1) is 31.1 Å². The molecule has 2 aliphatic rings. The molecule has 0 amide bonds. The summed E-state index contributed by atoms with van der Waals surface area (Å²) in [7, 11) is 0. The Morgan fingerprint density at radius 1 is 1.40 bits per heavy atom. The van der Waals surface area contributed by atoms with E-state index in [4.69, 9.17) is 20.6 Å². The van der Waals surface area contributed by atoms with Crippen LogP contribution in [0.1, 0.15) is 24.5 Å². The van der Waals surface area contributed by atoms with E-state index >= 15 is 0 Å². The van der Waals surface area contributed by atoms with Crippen LogP contribution in [-0.4, -0.2) is 42.6 Å². The van der Waals surface area contributed by atoms with E-state index in [0.29, 0.717) is 35.7 Å². The van der Waals surface area contributed by atoms with Crippen LogP contribution in [-0.2, 0) is 4.74 Å². The Morgan fingerprint density at radius 2 is 2.28 bits per heavy atom. The quantitative estimate of drug-likeness (QED) is 0.646. The third-order valence-electron chi connectivity index (χ3n) is 4.83. The average Bonchev–Trinajstić information content (AvgIpc) is 3.26. The van der Waals surface area contributed by atoms with Crippen molar-refractivity contribution < 1.29 is 9.47 Å². The molecule has 1 aromatic carbocycles. The molecule has 0 aliphatic carbocycles. The van der Waals surface area contributed by atoms with Gasteiger partial charge in [0.25, 0.3) is 0 Å². The molecule has 3 N–H and O–H groups in total. The summed E-state index contributed by atoms with van der Waals surface area (Å²) in [6.45, 7) is 4.15. The van der Waals surface area contributed by atoms with Gasteiger partial charge in [-0.25, -0.2) is 4.98 Å². The van der Waals surface area contributed by atoms with Gasteiger partial charge in [-0.1, -0.05) is 0 Å². The van der Waals surface area contributed by atoms with Crippen molar-refractivity contribution >= 4 is 17.2 Å². The van der Waals surface area contributed by atoms with Gasteiger partial charge in [-0.2, -0.15) is 0 Å². The zero-order chi connectivity index (χ0) is 17.4. The van der Waals surface area contributed by atoms with E-state index < -0.39 is 0 Å². The Kier molecular flexibility index (Phi) is 4.05. The molecule has 2 fully saturated rings. The first-order chi connectivity index (χ1) is 12.2. The number of nitrogens with zero attached hydrogens (tertiary/aromatic N) is 2. The summed E-state index contributed by atoms with van der Waals surface area (Å²) in [5.41, 5.74) is 8.52. The Morgan fingerprint density at radius 3 is 3.00 bits per heavy atom. The molecule has 1 aromatic heterocycles. The number of morpholine rings is 1. The summed E-state index contributed by atoms with van der Waals surface area (Å²) in [5.74, 6) is 1.62. The third kappa shape index (κ3) is 2.93. The van der Waals surface area contributed by atoms with Crippen LogP contribution in [0.25, 0.3) is 0 Å². The number of hydrogen-bond donors (Lipinski definition) is 2. The molecule has 1 unspecified atom stereocenters. The van der Waals surface area contributed by atoms with Gasteiger partial charge in [0, 0.05) is 29.6 Å². The van der Waals surface area contributed by atoms with Crippen LogP contribution in [0.3, 0.4) is 0 Å². The van der Waals surface area contributed by atoms with Crippen molar-refractivity contribution in [3.8, 4) is 5.75 Å². The zero-order valence-electron chi connectivity index (χ0n) is 14.2. The number of aromatic nitrogens is 1. The second-order valence-corrected chi connectivity index (χ2v) is 6.46. The van der Waals surface area contributed by atoms with Crippen molar-refractivity contribution in [2.45, 2.75) is 25.5 Å². The number of nitrogens with one attached hydrogen (secondary N) is 1. The number of nitrogen functional groups attached to an aromatic ring is 1. The molecule has 0 saturated carbocycles. The van der Waals surface area contributed by atoms with Gasteiger partial charge in [-0.3, -0.25) is 5.41 Å². The smallest absolute Gasteiger partial charge is 0.129 e. The minimum atomic E-state index is 0.313. The lowest BCUT2D eigenvalue weighted by molar-refractivity contribution is 0.0989. The second kappa shape index (κ2) is 6.37. The predicted molar refractivity (Wildman–Crippen MR) is 97.7 cm³/mol. The number of ether oxygens (including phenoxy) is 2. The zero-order valence-corrected chi connectivity index (χ0v) is 14.2. The first kappa shape index (κ1) is 15.9. The maximum Gasteiger partial charge on any atom is 0.129 e. The van der Waals surface area contributed by atoms with Crippen LogP contribution in [0.15, 0.2) is 36.5 Å². The maximum atomic E-state index is 8.61. The summed E-state index contributed by atoms with van der Waals surface area (Å²) >= 11 is 0. The molecule has 3 heterocycles. The molecule has 4 rings (SSSR count). The largest absolute Gasteiger partial charge is 0.494 e. The fourth-order valence-electron chi connectivity index (χ4n) is 3.58. The number of fused-ring (bicyclic) bond motifs is 2. The lowest BCUT2D eigenvalue weighted by Gasteiger charge is -2.28. The highest BCUT2D eigenvalue weighted by molar-refractivity contribution is 6.14. The van der Waals surface area contributed by atoms with Gasteiger partial charge in [-0.15, -0.1) is 0 Å². The lowest BCUT2D eigenvalue weighted by Crippen LogP contribution is -2.37. The number of pyridine rings is 1. The second-order valence-electron chi connectivity index (χ2n) is 6.46. The third-order valence-corrected chi connectivity index (χ3v) is 4.83. The van der Waals surface area contributed by atoms with Crippen LogP contribution in [0.5, 0.6) is 5.75 Å². The van der Waals surface area contributed by atoms with E-state index in [0.717, 1.165) is 36.7 Å². The van der Waals surface area contributed by atoms with Crippen LogP contribution in [0.2, 0.25) is 0 Å². The van der Waals surface area contributed by atoms with Crippen LogP contribution >= 0.6 is 0 Å². The summed E-state index contributed by atoms with van der Waals surface area (Å²) in [5, 5.41) is 8.61. The topological polar surface area (TPSA) is 84.5 Å². The Labute approximate surface area is 147 Å². The highest BCUT2D eigenvalue weighted by atomic mass is 16.5. The summed E-state index contributed by atoms with van der Waals surface area (Å²) in [6, 6.07) is 9.65. The molecule has 25 heavy (non-hydrogen) atoms. The highest BCUT2D eigenvalue weighted by Crippen LogP contribution is 2.32. The Bertz CT molecular complexity index is 808. The number of anilines is 2. The van der Waals surface area contributed by atoms with Crippen molar-refractivity contribution in [1.29, 1.82) is 5.41 Å². The van der Waals surface area contributed by atoms with Crippen molar-refractivity contribution in [1.82, 2.24) is 4.98 Å².